The number of halogens is 1. The van der Waals surface area contributed by atoms with Gasteiger partial charge in [-0.25, -0.2) is 14.2 Å². The van der Waals surface area contributed by atoms with Crippen LogP contribution in [0.25, 0.3) is 0 Å². The summed E-state index contributed by atoms with van der Waals surface area (Å²) in [5, 5.41) is 3.65. The lowest BCUT2D eigenvalue weighted by Crippen LogP contribution is -2.31. The summed E-state index contributed by atoms with van der Waals surface area (Å²) in [6.45, 7) is 0. The molecule has 0 atom stereocenters. The monoisotopic (exact) mass is 386 g/mol. The number of urea groups is 1. The molecular formula is C19H19FN4O2S. The van der Waals surface area contributed by atoms with Crippen molar-refractivity contribution in [3.63, 3.8) is 0 Å². The highest BCUT2D eigenvalue weighted by molar-refractivity contribution is 7.17. The molecule has 0 saturated heterocycles. The second-order valence-corrected chi connectivity index (χ2v) is 6.94. The Morgan fingerprint density at radius 1 is 1.11 bits per heavy atom. The minimum absolute atomic E-state index is 0.311. The fraction of sp³-hybridized carbons (Fsp3) is 0.158. The molecule has 0 aliphatic rings. The zero-order valence-corrected chi connectivity index (χ0v) is 16.0. The van der Waals surface area contributed by atoms with E-state index >= 15 is 0 Å². The predicted octanol–water partition coefficient (Wildman–Crippen LogP) is 4.81. The van der Waals surface area contributed by atoms with E-state index in [9.17, 15) is 9.18 Å². The Hall–Kier alpha value is -3.13. The van der Waals surface area contributed by atoms with Crippen molar-refractivity contribution < 1.29 is 13.9 Å². The number of nitrogens with one attached hydrogen (secondary N) is 1. The van der Waals surface area contributed by atoms with Gasteiger partial charge in [-0.1, -0.05) is 17.4 Å². The minimum atomic E-state index is -0.332. The first kappa shape index (κ1) is 18.7. The van der Waals surface area contributed by atoms with Crippen LogP contribution in [0.5, 0.6) is 10.8 Å². The van der Waals surface area contributed by atoms with E-state index in [0.717, 1.165) is 11.4 Å². The zero-order valence-electron chi connectivity index (χ0n) is 15.1. The standard InChI is InChI=1S/C19H19FN4O2S/c1-23(2)14-5-4-6-15(11-14)24(3)19(25)22-18-21-12-17(27-18)26-16-9-7-13(20)8-10-16/h4-12H,1-3H3,(H,21,22,25). The molecule has 6 nitrogen and oxygen atoms in total. The van der Waals surface area contributed by atoms with Gasteiger partial charge >= 0.3 is 6.03 Å². The maximum Gasteiger partial charge on any atom is 0.327 e. The van der Waals surface area contributed by atoms with Gasteiger partial charge in [-0.15, -0.1) is 0 Å². The Kier molecular flexibility index (Phi) is 5.56. The van der Waals surface area contributed by atoms with Gasteiger partial charge < -0.3 is 9.64 Å². The zero-order chi connectivity index (χ0) is 19.4. The van der Waals surface area contributed by atoms with Crippen LogP contribution in [-0.2, 0) is 0 Å². The van der Waals surface area contributed by atoms with Gasteiger partial charge in [-0.3, -0.25) is 10.2 Å². The third-order valence-corrected chi connectivity index (χ3v) is 4.56. The molecule has 27 heavy (non-hydrogen) atoms. The van der Waals surface area contributed by atoms with E-state index in [-0.39, 0.29) is 11.8 Å². The molecule has 0 fully saturated rings. The van der Waals surface area contributed by atoms with Crippen LogP contribution in [0.2, 0.25) is 0 Å². The van der Waals surface area contributed by atoms with Gasteiger partial charge in [0.25, 0.3) is 0 Å². The van der Waals surface area contributed by atoms with Gasteiger partial charge in [-0.05, 0) is 42.5 Å². The van der Waals surface area contributed by atoms with Crippen molar-refractivity contribution in [1.82, 2.24) is 4.98 Å². The van der Waals surface area contributed by atoms with E-state index in [1.807, 2.05) is 43.3 Å². The number of ether oxygens (including phenoxy) is 1. The quantitative estimate of drug-likeness (QED) is 0.684. The number of rotatable bonds is 5. The first-order valence-electron chi connectivity index (χ1n) is 8.14. The number of hydrogen-bond donors (Lipinski definition) is 1. The molecule has 0 saturated carbocycles. The molecule has 2 amide bonds. The van der Waals surface area contributed by atoms with Crippen LogP contribution in [0, 0.1) is 5.82 Å². The molecule has 0 aliphatic carbocycles. The number of aromatic nitrogens is 1. The molecule has 1 heterocycles. The molecule has 8 heteroatoms. The Morgan fingerprint density at radius 3 is 2.52 bits per heavy atom. The van der Waals surface area contributed by atoms with Crippen LogP contribution >= 0.6 is 11.3 Å². The number of carbonyl (C=O) groups is 1. The third-order valence-electron chi connectivity index (χ3n) is 3.77. The Balaban J connectivity index is 1.65. The summed E-state index contributed by atoms with van der Waals surface area (Å²) in [6, 6.07) is 13.0. The molecule has 140 valence electrons. The van der Waals surface area contributed by atoms with E-state index in [4.69, 9.17) is 4.74 Å². The Bertz CT molecular complexity index is 927. The molecule has 0 bridgehead atoms. The van der Waals surface area contributed by atoms with E-state index in [1.54, 1.807) is 7.05 Å². The summed E-state index contributed by atoms with van der Waals surface area (Å²) in [4.78, 5) is 20.1. The smallest absolute Gasteiger partial charge is 0.327 e. The first-order chi connectivity index (χ1) is 12.9. The molecular weight excluding hydrogens is 367 g/mol. The van der Waals surface area contributed by atoms with Crippen molar-refractivity contribution in [2.45, 2.75) is 0 Å². The van der Waals surface area contributed by atoms with Gasteiger partial charge in [0.1, 0.15) is 11.6 Å². The van der Waals surface area contributed by atoms with Gasteiger partial charge in [-0.2, -0.15) is 0 Å². The second-order valence-electron chi connectivity index (χ2n) is 5.94. The Morgan fingerprint density at radius 2 is 1.81 bits per heavy atom. The number of nitrogens with zero attached hydrogens (tertiary/aromatic N) is 3. The highest BCUT2D eigenvalue weighted by Gasteiger charge is 2.14. The minimum Gasteiger partial charge on any atom is -0.445 e. The summed E-state index contributed by atoms with van der Waals surface area (Å²) in [5.74, 6) is 0.163. The molecule has 0 spiro atoms. The van der Waals surface area contributed by atoms with Crippen molar-refractivity contribution in [2.24, 2.45) is 0 Å². The van der Waals surface area contributed by atoms with Crippen molar-refractivity contribution in [2.75, 3.05) is 36.3 Å². The van der Waals surface area contributed by atoms with Crippen LogP contribution in [0.15, 0.2) is 54.7 Å². The fourth-order valence-corrected chi connectivity index (χ4v) is 2.93. The SMILES string of the molecule is CN(C)c1cccc(N(C)C(=O)Nc2ncc(Oc3ccc(F)cc3)s2)c1. The fourth-order valence-electron chi connectivity index (χ4n) is 2.26. The highest BCUT2D eigenvalue weighted by Crippen LogP contribution is 2.30. The molecule has 0 unspecified atom stereocenters. The average Bonchev–Trinajstić information content (AvgIpc) is 3.09. The first-order valence-corrected chi connectivity index (χ1v) is 8.95. The molecule has 3 aromatic rings. The summed E-state index contributed by atoms with van der Waals surface area (Å²) in [5.41, 5.74) is 1.76. The van der Waals surface area contributed by atoms with Crippen LogP contribution in [0.3, 0.4) is 0 Å². The van der Waals surface area contributed by atoms with Crippen LogP contribution in [-0.4, -0.2) is 32.2 Å². The molecule has 1 aromatic heterocycles. The second kappa shape index (κ2) is 8.05. The third kappa shape index (κ3) is 4.73. The number of anilines is 3. The molecule has 0 radical (unpaired) electrons. The van der Waals surface area contributed by atoms with E-state index in [1.165, 1.54) is 46.7 Å². The van der Waals surface area contributed by atoms with Crippen molar-refractivity contribution in [3.8, 4) is 10.8 Å². The van der Waals surface area contributed by atoms with Crippen LogP contribution in [0.1, 0.15) is 0 Å². The van der Waals surface area contributed by atoms with Crippen LogP contribution < -0.4 is 19.9 Å². The summed E-state index contributed by atoms with van der Waals surface area (Å²) >= 11 is 1.19. The van der Waals surface area contributed by atoms with Crippen molar-refractivity contribution >= 4 is 33.9 Å². The lowest BCUT2D eigenvalue weighted by Gasteiger charge is -2.20. The number of hydrogen-bond acceptors (Lipinski definition) is 5. The maximum atomic E-state index is 12.9. The van der Waals surface area contributed by atoms with E-state index in [0.29, 0.717) is 15.9 Å². The number of thiazole rings is 1. The largest absolute Gasteiger partial charge is 0.445 e. The molecule has 1 N–H and O–H groups in total. The van der Waals surface area contributed by atoms with Gasteiger partial charge in [0.05, 0.1) is 6.20 Å². The number of benzene rings is 2. The summed E-state index contributed by atoms with van der Waals surface area (Å²) < 4.78 is 18.5. The normalized spacial score (nSPS) is 10.4. The molecule has 2 aromatic carbocycles. The van der Waals surface area contributed by atoms with Crippen molar-refractivity contribution in [3.05, 3.63) is 60.5 Å². The molecule has 0 aliphatic heterocycles. The summed E-state index contributed by atoms with van der Waals surface area (Å²) in [6.07, 6.45) is 1.51. The van der Waals surface area contributed by atoms with Crippen LogP contribution in [0.4, 0.5) is 25.7 Å². The number of amides is 2. The van der Waals surface area contributed by atoms with Gasteiger partial charge in [0.2, 0.25) is 5.06 Å². The van der Waals surface area contributed by atoms with E-state index in [2.05, 4.69) is 10.3 Å². The van der Waals surface area contributed by atoms with Gasteiger partial charge in [0.15, 0.2) is 5.13 Å². The average molecular weight is 386 g/mol. The van der Waals surface area contributed by atoms with Gasteiger partial charge in [0, 0.05) is 32.5 Å². The van der Waals surface area contributed by atoms with E-state index < -0.39 is 0 Å². The maximum absolute atomic E-state index is 12.9. The summed E-state index contributed by atoms with van der Waals surface area (Å²) in [7, 11) is 5.57. The predicted molar refractivity (Wildman–Crippen MR) is 107 cm³/mol. The number of carbonyl (C=O) groups excluding carboxylic acids is 1. The lowest BCUT2D eigenvalue weighted by atomic mass is 10.2. The van der Waals surface area contributed by atoms with Crippen molar-refractivity contribution in [1.29, 1.82) is 0 Å². The Labute approximate surface area is 160 Å². The topological polar surface area (TPSA) is 57.7 Å². The molecule has 3 rings (SSSR count). The highest BCUT2D eigenvalue weighted by atomic mass is 32.1. The lowest BCUT2D eigenvalue weighted by molar-refractivity contribution is 0.258.